The first-order valence-corrected chi connectivity index (χ1v) is 7.60. The van der Waals surface area contributed by atoms with Gasteiger partial charge in [0.15, 0.2) is 5.65 Å². The molecule has 1 aliphatic heterocycles. The van der Waals surface area contributed by atoms with Gasteiger partial charge in [-0.3, -0.25) is 0 Å². The highest BCUT2D eigenvalue weighted by molar-refractivity contribution is 5.91. The van der Waals surface area contributed by atoms with Crippen molar-refractivity contribution in [2.45, 2.75) is 19.4 Å². The molecule has 0 amide bonds. The fourth-order valence-electron chi connectivity index (χ4n) is 2.93. The van der Waals surface area contributed by atoms with Crippen LogP contribution in [0.5, 0.6) is 0 Å². The fraction of sp³-hybridized carbons (Fsp3) is 0.533. The third-order valence-electron chi connectivity index (χ3n) is 4.08. The Morgan fingerprint density at radius 3 is 2.64 bits per heavy atom. The van der Waals surface area contributed by atoms with Crippen LogP contribution in [0.4, 0.5) is 17.6 Å². The van der Waals surface area contributed by atoms with E-state index in [1.165, 1.54) is 0 Å². The summed E-state index contributed by atoms with van der Waals surface area (Å²) in [6.07, 6.45) is 1.11. The van der Waals surface area contributed by atoms with Gasteiger partial charge in [-0.05, 0) is 38.6 Å². The Kier molecular flexibility index (Phi) is 3.98. The van der Waals surface area contributed by atoms with Crippen molar-refractivity contribution >= 4 is 28.6 Å². The van der Waals surface area contributed by atoms with Crippen LogP contribution in [-0.4, -0.2) is 60.1 Å². The number of aryl methyl sites for hydroxylation is 1. The number of anilines is 3. The maximum Gasteiger partial charge on any atom is 0.226 e. The molecule has 1 fully saturated rings. The summed E-state index contributed by atoms with van der Waals surface area (Å²) >= 11 is 0. The van der Waals surface area contributed by atoms with E-state index in [4.69, 9.17) is 0 Å². The van der Waals surface area contributed by atoms with Gasteiger partial charge in [0.25, 0.3) is 0 Å². The number of likely N-dealkylation sites (N-methyl/N-ethyl adjacent to an activating group) is 1. The summed E-state index contributed by atoms with van der Waals surface area (Å²) in [5.41, 5.74) is 1.81. The summed E-state index contributed by atoms with van der Waals surface area (Å²) in [6, 6.07) is 2.40. The zero-order valence-corrected chi connectivity index (χ0v) is 13.6. The van der Waals surface area contributed by atoms with Crippen LogP contribution in [-0.2, 0) is 0 Å². The van der Waals surface area contributed by atoms with Gasteiger partial charge >= 0.3 is 0 Å². The number of nitrogens with one attached hydrogen (secondary N) is 3. The average Bonchev–Trinajstić information content (AvgIpc) is 2.90. The van der Waals surface area contributed by atoms with Gasteiger partial charge in [-0.25, -0.2) is 4.98 Å². The van der Waals surface area contributed by atoms with Crippen LogP contribution < -0.4 is 16.0 Å². The van der Waals surface area contributed by atoms with Crippen LogP contribution in [0.3, 0.4) is 0 Å². The summed E-state index contributed by atoms with van der Waals surface area (Å²) < 4.78 is 0. The molecule has 118 valence electrons. The van der Waals surface area contributed by atoms with Crippen molar-refractivity contribution in [2.24, 2.45) is 0 Å². The molecule has 7 nitrogen and oxygen atoms in total. The van der Waals surface area contributed by atoms with E-state index in [9.17, 15) is 0 Å². The molecule has 0 aromatic carbocycles. The van der Waals surface area contributed by atoms with E-state index in [0.29, 0.717) is 17.6 Å². The topological polar surface area (TPSA) is 78.0 Å². The van der Waals surface area contributed by atoms with Crippen LogP contribution in [0.2, 0.25) is 0 Å². The van der Waals surface area contributed by atoms with Crippen molar-refractivity contribution in [3.63, 3.8) is 0 Å². The Hall–Kier alpha value is -2.15. The smallest absolute Gasteiger partial charge is 0.226 e. The number of fused-ring (bicyclic) bond motifs is 1. The third-order valence-corrected chi connectivity index (χ3v) is 4.08. The zero-order valence-electron chi connectivity index (χ0n) is 13.6. The molecule has 3 rings (SSSR count). The average molecular weight is 301 g/mol. The zero-order chi connectivity index (χ0) is 15.7. The lowest BCUT2D eigenvalue weighted by molar-refractivity contribution is 0.414. The largest absolute Gasteiger partial charge is 0.373 e. The minimum Gasteiger partial charge on any atom is -0.373 e. The Morgan fingerprint density at radius 2 is 2.00 bits per heavy atom. The summed E-state index contributed by atoms with van der Waals surface area (Å²) in [4.78, 5) is 16.1. The van der Waals surface area contributed by atoms with Crippen LogP contribution >= 0.6 is 0 Å². The molecule has 2 aromatic rings. The SMILES string of the molecule is CNc1cc(C)c2c(NC)nc(N[C@@H]3CCN(C)C3)nc2n1. The normalized spacial score (nSPS) is 18.6. The second-order valence-corrected chi connectivity index (χ2v) is 5.81. The quantitative estimate of drug-likeness (QED) is 0.790. The molecular formula is C15H23N7. The number of nitrogens with zero attached hydrogens (tertiary/aromatic N) is 4. The molecule has 0 bridgehead atoms. The minimum atomic E-state index is 0.390. The van der Waals surface area contributed by atoms with E-state index in [2.05, 4.69) is 42.8 Å². The summed E-state index contributed by atoms with van der Waals surface area (Å²) in [7, 11) is 5.87. The minimum absolute atomic E-state index is 0.390. The molecule has 3 N–H and O–H groups in total. The van der Waals surface area contributed by atoms with Crippen molar-refractivity contribution in [3.05, 3.63) is 11.6 Å². The van der Waals surface area contributed by atoms with Crippen molar-refractivity contribution in [1.82, 2.24) is 19.9 Å². The van der Waals surface area contributed by atoms with Gasteiger partial charge in [-0.15, -0.1) is 0 Å². The van der Waals surface area contributed by atoms with E-state index >= 15 is 0 Å². The van der Waals surface area contributed by atoms with Crippen molar-refractivity contribution in [2.75, 3.05) is 50.2 Å². The van der Waals surface area contributed by atoms with Gasteiger partial charge in [0, 0.05) is 26.7 Å². The predicted octanol–water partition coefficient (Wildman–Crippen LogP) is 1.53. The van der Waals surface area contributed by atoms with Crippen molar-refractivity contribution in [1.29, 1.82) is 0 Å². The number of hydrogen-bond acceptors (Lipinski definition) is 7. The van der Waals surface area contributed by atoms with Gasteiger partial charge in [-0.2, -0.15) is 9.97 Å². The van der Waals surface area contributed by atoms with Gasteiger partial charge in [-0.1, -0.05) is 0 Å². The highest BCUT2D eigenvalue weighted by atomic mass is 15.2. The second-order valence-electron chi connectivity index (χ2n) is 5.81. The summed E-state index contributed by atoms with van der Waals surface area (Å²) in [6.45, 7) is 4.17. The maximum absolute atomic E-state index is 4.61. The molecular weight excluding hydrogens is 278 g/mol. The Balaban J connectivity index is 2.01. The van der Waals surface area contributed by atoms with Crippen LogP contribution in [0.1, 0.15) is 12.0 Å². The van der Waals surface area contributed by atoms with Crippen molar-refractivity contribution < 1.29 is 0 Å². The first kappa shape index (κ1) is 14.8. The number of likely N-dealkylation sites (tertiary alicyclic amines) is 1. The van der Waals surface area contributed by atoms with E-state index < -0.39 is 0 Å². The van der Waals surface area contributed by atoms with Crippen LogP contribution in [0, 0.1) is 6.92 Å². The fourth-order valence-corrected chi connectivity index (χ4v) is 2.93. The number of hydrogen-bond donors (Lipinski definition) is 3. The lowest BCUT2D eigenvalue weighted by Gasteiger charge is -2.15. The maximum atomic E-state index is 4.61. The highest BCUT2D eigenvalue weighted by Crippen LogP contribution is 2.26. The molecule has 1 aliphatic rings. The number of rotatable bonds is 4. The molecule has 22 heavy (non-hydrogen) atoms. The first-order chi connectivity index (χ1) is 10.6. The van der Waals surface area contributed by atoms with Gasteiger partial charge in [0.05, 0.1) is 5.39 Å². The highest BCUT2D eigenvalue weighted by Gasteiger charge is 2.21. The molecule has 0 radical (unpaired) electrons. The molecule has 0 saturated carbocycles. The standard InChI is InChI=1S/C15H23N7/c1-9-7-11(16-2)19-14-12(9)13(17-3)20-15(21-14)18-10-5-6-22(4)8-10/h7,10H,5-6,8H2,1-4H3,(H3,16,17,18,19,20,21)/t10-/m1/s1. The first-order valence-electron chi connectivity index (χ1n) is 7.60. The van der Waals surface area contributed by atoms with Crippen molar-refractivity contribution in [3.8, 4) is 0 Å². The van der Waals surface area contributed by atoms with E-state index in [0.717, 1.165) is 42.1 Å². The van der Waals surface area contributed by atoms with E-state index in [-0.39, 0.29) is 0 Å². The van der Waals surface area contributed by atoms with Crippen LogP contribution in [0.25, 0.3) is 11.0 Å². The molecule has 1 atom stereocenters. The lowest BCUT2D eigenvalue weighted by Crippen LogP contribution is -2.24. The van der Waals surface area contributed by atoms with Gasteiger partial charge < -0.3 is 20.9 Å². The monoisotopic (exact) mass is 301 g/mol. The molecule has 0 aliphatic carbocycles. The Labute approximate surface area is 130 Å². The number of aromatic nitrogens is 3. The summed E-state index contributed by atoms with van der Waals surface area (Å²) in [5.74, 6) is 2.26. The molecule has 0 unspecified atom stereocenters. The Morgan fingerprint density at radius 1 is 1.18 bits per heavy atom. The molecule has 0 spiro atoms. The van der Waals surface area contributed by atoms with Gasteiger partial charge in [0.2, 0.25) is 5.95 Å². The molecule has 7 heteroatoms. The predicted molar refractivity (Wildman–Crippen MR) is 90.7 cm³/mol. The second kappa shape index (κ2) is 5.92. The van der Waals surface area contributed by atoms with Gasteiger partial charge in [0.1, 0.15) is 11.6 Å². The van der Waals surface area contributed by atoms with Crippen LogP contribution in [0.15, 0.2) is 6.07 Å². The lowest BCUT2D eigenvalue weighted by atomic mass is 10.2. The number of pyridine rings is 1. The molecule has 3 heterocycles. The summed E-state index contributed by atoms with van der Waals surface area (Å²) in [5, 5.41) is 10.6. The Bertz CT molecular complexity index is 685. The van der Waals surface area contributed by atoms with E-state index in [1.807, 2.05) is 27.1 Å². The molecule has 2 aromatic heterocycles. The third kappa shape index (κ3) is 2.76. The van der Waals surface area contributed by atoms with E-state index in [1.54, 1.807) is 0 Å². The molecule has 1 saturated heterocycles.